The summed E-state index contributed by atoms with van der Waals surface area (Å²) >= 11 is 0. The van der Waals surface area contributed by atoms with Gasteiger partial charge in [-0.1, -0.05) is 50.8 Å². The Hall–Kier alpha value is -2.62. The van der Waals surface area contributed by atoms with Gasteiger partial charge in [0.05, 0.1) is 12.2 Å². The molecule has 0 saturated carbocycles. The number of carbonyl (C=O) groups excluding carboxylic acids is 2. The fourth-order valence-corrected chi connectivity index (χ4v) is 2.44. The molecule has 4 nitrogen and oxygen atoms in total. The van der Waals surface area contributed by atoms with Gasteiger partial charge in [-0.15, -0.1) is 0 Å². The topological polar surface area (TPSA) is 55.4 Å². The van der Waals surface area contributed by atoms with Gasteiger partial charge in [0, 0.05) is 11.3 Å². The Labute approximate surface area is 149 Å². The zero-order chi connectivity index (χ0) is 17.9. The van der Waals surface area contributed by atoms with E-state index in [4.69, 9.17) is 4.74 Å². The summed E-state index contributed by atoms with van der Waals surface area (Å²) in [7, 11) is 0. The number of benzene rings is 2. The predicted molar refractivity (Wildman–Crippen MR) is 99.9 cm³/mol. The van der Waals surface area contributed by atoms with Crippen LogP contribution in [0.5, 0.6) is 0 Å². The summed E-state index contributed by atoms with van der Waals surface area (Å²) in [5.41, 5.74) is 1.73. The number of unbranched alkanes of at least 4 members (excludes halogenated alkanes) is 4. The lowest BCUT2D eigenvalue weighted by molar-refractivity contribution is 0.0497. The third kappa shape index (κ3) is 6.42. The summed E-state index contributed by atoms with van der Waals surface area (Å²) in [6, 6.07) is 15.7. The molecule has 2 aromatic carbocycles. The van der Waals surface area contributed by atoms with Crippen molar-refractivity contribution in [2.45, 2.75) is 39.0 Å². The van der Waals surface area contributed by atoms with Crippen LogP contribution in [-0.4, -0.2) is 18.5 Å². The maximum Gasteiger partial charge on any atom is 0.338 e. The van der Waals surface area contributed by atoms with Crippen molar-refractivity contribution in [1.29, 1.82) is 0 Å². The molecule has 2 aromatic rings. The van der Waals surface area contributed by atoms with Crippen molar-refractivity contribution in [1.82, 2.24) is 0 Å². The summed E-state index contributed by atoms with van der Waals surface area (Å²) in [6.07, 6.45) is 5.60. The van der Waals surface area contributed by atoms with Crippen LogP contribution in [-0.2, 0) is 4.74 Å². The fraction of sp³-hybridized carbons (Fsp3) is 0.333. The lowest BCUT2D eigenvalue weighted by atomic mass is 10.1. The number of amides is 1. The number of carbonyl (C=O) groups is 2. The molecule has 0 radical (unpaired) electrons. The average Bonchev–Trinajstić information content (AvgIpc) is 2.65. The van der Waals surface area contributed by atoms with Crippen LogP contribution in [0.4, 0.5) is 5.69 Å². The minimum absolute atomic E-state index is 0.178. The molecular formula is C21H25NO3. The van der Waals surface area contributed by atoms with Crippen molar-refractivity contribution in [3.8, 4) is 0 Å². The highest BCUT2D eigenvalue weighted by molar-refractivity contribution is 6.04. The number of nitrogens with one attached hydrogen (secondary N) is 1. The van der Waals surface area contributed by atoms with Gasteiger partial charge < -0.3 is 10.1 Å². The van der Waals surface area contributed by atoms with Gasteiger partial charge in [0.2, 0.25) is 0 Å². The zero-order valence-electron chi connectivity index (χ0n) is 14.7. The van der Waals surface area contributed by atoms with Gasteiger partial charge >= 0.3 is 5.97 Å². The summed E-state index contributed by atoms with van der Waals surface area (Å²) in [5.74, 6) is -0.501. The van der Waals surface area contributed by atoms with Gasteiger partial charge in [0.15, 0.2) is 0 Å². The Balaban J connectivity index is 1.79. The van der Waals surface area contributed by atoms with Crippen LogP contribution < -0.4 is 5.32 Å². The van der Waals surface area contributed by atoms with Gasteiger partial charge in [-0.3, -0.25) is 4.79 Å². The third-order valence-electron chi connectivity index (χ3n) is 3.90. The normalized spacial score (nSPS) is 10.3. The summed E-state index contributed by atoms with van der Waals surface area (Å²) in [5, 5.41) is 2.81. The van der Waals surface area contributed by atoms with Crippen molar-refractivity contribution in [3.05, 3.63) is 65.7 Å². The average molecular weight is 339 g/mol. The van der Waals surface area contributed by atoms with Gasteiger partial charge in [-0.25, -0.2) is 4.79 Å². The lowest BCUT2D eigenvalue weighted by Crippen LogP contribution is -2.12. The number of hydrogen-bond donors (Lipinski definition) is 1. The van der Waals surface area contributed by atoms with Crippen LogP contribution in [0, 0.1) is 0 Å². The summed E-state index contributed by atoms with van der Waals surface area (Å²) in [4.78, 5) is 24.1. The number of hydrogen-bond acceptors (Lipinski definition) is 3. The second kappa shape index (κ2) is 10.3. The molecule has 0 aromatic heterocycles. The highest BCUT2D eigenvalue weighted by atomic mass is 16.5. The Bertz CT molecular complexity index is 665. The largest absolute Gasteiger partial charge is 0.462 e. The SMILES string of the molecule is CCCCCCCOC(=O)c1ccc(NC(=O)c2ccccc2)cc1. The maximum absolute atomic E-state index is 12.1. The molecule has 0 unspecified atom stereocenters. The van der Waals surface area contributed by atoms with Crippen molar-refractivity contribution in [3.63, 3.8) is 0 Å². The second-order valence-corrected chi connectivity index (χ2v) is 5.95. The van der Waals surface area contributed by atoms with E-state index in [1.807, 2.05) is 18.2 Å². The molecule has 25 heavy (non-hydrogen) atoms. The van der Waals surface area contributed by atoms with Crippen LogP contribution >= 0.6 is 0 Å². The van der Waals surface area contributed by atoms with E-state index in [2.05, 4.69) is 12.2 Å². The van der Waals surface area contributed by atoms with E-state index in [-0.39, 0.29) is 11.9 Å². The molecule has 0 aliphatic carbocycles. The summed E-state index contributed by atoms with van der Waals surface area (Å²) < 4.78 is 5.27. The highest BCUT2D eigenvalue weighted by Gasteiger charge is 2.08. The Kier molecular flexibility index (Phi) is 7.70. The van der Waals surface area contributed by atoms with Gasteiger partial charge in [-0.2, -0.15) is 0 Å². The smallest absolute Gasteiger partial charge is 0.338 e. The molecule has 0 fully saturated rings. The molecule has 4 heteroatoms. The molecule has 1 amide bonds. The first-order valence-electron chi connectivity index (χ1n) is 8.84. The minimum Gasteiger partial charge on any atom is -0.462 e. The van der Waals surface area contributed by atoms with Crippen LogP contribution in [0.15, 0.2) is 54.6 Å². The van der Waals surface area contributed by atoms with Crippen molar-refractivity contribution >= 4 is 17.6 Å². The van der Waals surface area contributed by atoms with Crippen LogP contribution in [0.1, 0.15) is 59.7 Å². The van der Waals surface area contributed by atoms with Gasteiger partial charge in [0.25, 0.3) is 5.91 Å². The number of rotatable bonds is 9. The minimum atomic E-state index is -0.323. The quantitative estimate of drug-likeness (QED) is 0.513. The highest BCUT2D eigenvalue weighted by Crippen LogP contribution is 2.13. The van der Waals surface area contributed by atoms with E-state index in [0.717, 1.165) is 12.8 Å². The van der Waals surface area contributed by atoms with E-state index in [1.54, 1.807) is 36.4 Å². The molecule has 1 N–H and O–H groups in total. The zero-order valence-corrected chi connectivity index (χ0v) is 14.7. The number of ether oxygens (including phenoxy) is 1. The molecule has 132 valence electrons. The van der Waals surface area contributed by atoms with Gasteiger partial charge in [-0.05, 0) is 42.8 Å². The fourth-order valence-electron chi connectivity index (χ4n) is 2.44. The number of anilines is 1. The van der Waals surface area contributed by atoms with Crippen LogP contribution in [0.3, 0.4) is 0 Å². The maximum atomic E-state index is 12.1. The Morgan fingerprint density at radius 1 is 0.840 bits per heavy atom. The third-order valence-corrected chi connectivity index (χ3v) is 3.90. The molecule has 0 bridgehead atoms. The van der Waals surface area contributed by atoms with Crippen LogP contribution in [0.2, 0.25) is 0 Å². The second-order valence-electron chi connectivity index (χ2n) is 5.95. The molecule has 2 rings (SSSR count). The molecule has 0 atom stereocenters. The van der Waals surface area contributed by atoms with Crippen LogP contribution in [0.25, 0.3) is 0 Å². The molecule has 0 aliphatic heterocycles. The standard InChI is InChI=1S/C21H25NO3/c1-2-3-4-5-9-16-25-21(24)18-12-14-19(15-13-18)22-20(23)17-10-7-6-8-11-17/h6-8,10-15H,2-5,9,16H2,1H3,(H,22,23). The molecule has 0 saturated heterocycles. The monoisotopic (exact) mass is 339 g/mol. The van der Waals surface area contributed by atoms with E-state index in [9.17, 15) is 9.59 Å². The molecular weight excluding hydrogens is 314 g/mol. The first-order valence-corrected chi connectivity index (χ1v) is 8.84. The summed E-state index contributed by atoms with van der Waals surface area (Å²) in [6.45, 7) is 2.63. The van der Waals surface area contributed by atoms with E-state index < -0.39 is 0 Å². The molecule has 0 aliphatic rings. The lowest BCUT2D eigenvalue weighted by Gasteiger charge is -2.07. The van der Waals surface area contributed by atoms with E-state index in [1.165, 1.54) is 19.3 Å². The van der Waals surface area contributed by atoms with Crippen molar-refractivity contribution < 1.29 is 14.3 Å². The van der Waals surface area contributed by atoms with E-state index in [0.29, 0.717) is 23.4 Å². The van der Waals surface area contributed by atoms with Crippen molar-refractivity contribution in [2.75, 3.05) is 11.9 Å². The van der Waals surface area contributed by atoms with Crippen molar-refractivity contribution in [2.24, 2.45) is 0 Å². The first kappa shape index (κ1) is 18.7. The Morgan fingerprint density at radius 3 is 2.20 bits per heavy atom. The first-order chi connectivity index (χ1) is 12.2. The molecule has 0 heterocycles. The van der Waals surface area contributed by atoms with E-state index >= 15 is 0 Å². The molecule has 0 spiro atoms. The predicted octanol–water partition coefficient (Wildman–Crippen LogP) is 5.07. The van der Waals surface area contributed by atoms with Gasteiger partial charge in [0.1, 0.15) is 0 Å². The number of esters is 1. The Morgan fingerprint density at radius 2 is 1.52 bits per heavy atom.